The van der Waals surface area contributed by atoms with Gasteiger partial charge in [0.2, 0.25) is 11.1 Å². The van der Waals surface area contributed by atoms with Crippen LogP contribution in [0.25, 0.3) is 11.4 Å². The number of carbonyl (C=O) groups excluding carboxylic acids is 1. The van der Waals surface area contributed by atoms with E-state index >= 15 is 0 Å². The van der Waals surface area contributed by atoms with Gasteiger partial charge in [-0.05, 0) is 19.8 Å². The molecule has 0 saturated carbocycles. The molecule has 0 unspecified atom stereocenters. The van der Waals surface area contributed by atoms with Crippen LogP contribution in [0.15, 0.2) is 29.4 Å². The first kappa shape index (κ1) is 16.0. The molecule has 6 nitrogen and oxygen atoms in total. The van der Waals surface area contributed by atoms with E-state index in [0.717, 1.165) is 25.0 Å². The van der Waals surface area contributed by atoms with Gasteiger partial charge in [0.1, 0.15) is 0 Å². The van der Waals surface area contributed by atoms with Gasteiger partial charge >= 0.3 is 0 Å². The maximum Gasteiger partial charge on any atom is 0.230 e. The summed E-state index contributed by atoms with van der Waals surface area (Å²) in [4.78, 5) is 16.2. The van der Waals surface area contributed by atoms with Crippen molar-refractivity contribution in [3.8, 4) is 11.4 Å². The Labute approximate surface area is 139 Å². The first-order chi connectivity index (χ1) is 11.2. The maximum atomic E-state index is 11.8. The zero-order chi connectivity index (χ0) is 16.1. The molecule has 0 aliphatic carbocycles. The number of aromatic nitrogens is 3. The van der Waals surface area contributed by atoms with Crippen LogP contribution in [0.3, 0.4) is 0 Å². The highest BCUT2D eigenvalue weighted by Crippen LogP contribution is 2.19. The summed E-state index contributed by atoms with van der Waals surface area (Å²) in [6, 6.07) is 8.06. The molecule has 1 fully saturated rings. The van der Waals surface area contributed by atoms with Gasteiger partial charge in [0.05, 0.1) is 11.9 Å². The van der Waals surface area contributed by atoms with Crippen LogP contribution in [-0.2, 0) is 9.53 Å². The lowest BCUT2D eigenvalue weighted by Crippen LogP contribution is -2.32. The van der Waals surface area contributed by atoms with Gasteiger partial charge < -0.3 is 10.1 Å². The van der Waals surface area contributed by atoms with Crippen molar-refractivity contribution in [3.05, 3.63) is 29.8 Å². The molecule has 1 atom stereocenters. The monoisotopic (exact) mass is 332 g/mol. The number of ether oxygens (including phenoxy) is 1. The van der Waals surface area contributed by atoms with E-state index in [1.165, 1.54) is 17.3 Å². The molecule has 1 aromatic heterocycles. The van der Waals surface area contributed by atoms with E-state index < -0.39 is 0 Å². The van der Waals surface area contributed by atoms with E-state index in [9.17, 15) is 4.79 Å². The van der Waals surface area contributed by atoms with Crippen LogP contribution < -0.4 is 5.32 Å². The zero-order valence-corrected chi connectivity index (χ0v) is 13.9. The van der Waals surface area contributed by atoms with Crippen LogP contribution in [0.2, 0.25) is 0 Å². The van der Waals surface area contributed by atoms with Gasteiger partial charge in [0, 0.05) is 18.7 Å². The highest BCUT2D eigenvalue weighted by Gasteiger charge is 2.16. The lowest BCUT2D eigenvalue weighted by atomic mass is 10.1. The molecule has 2 aromatic rings. The molecular formula is C16H20N4O2S. The first-order valence-electron chi connectivity index (χ1n) is 7.71. The second-order valence-corrected chi connectivity index (χ2v) is 6.50. The molecule has 0 radical (unpaired) electrons. The van der Waals surface area contributed by atoms with E-state index in [1.54, 1.807) is 0 Å². The average molecular weight is 332 g/mol. The summed E-state index contributed by atoms with van der Waals surface area (Å²) in [5.41, 5.74) is 2.18. The molecule has 7 heteroatoms. The molecule has 1 aliphatic rings. The Morgan fingerprint density at radius 1 is 1.43 bits per heavy atom. The summed E-state index contributed by atoms with van der Waals surface area (Å²) in [7, 11) is 0. The highest BCUT2D eigenvalue weighted by atomic mass is 32.2. The minimum atomic E-state index is -0.0211. The van der Waals surface area contributed by atoms with Crippen molar-refractivity contribution in [2.24, 2.45) is 0 Å². The van der Waals surface area contributed by atoms with Crippen molar-refractivity contribution >= 4 is 17.7 Å². The van der Waals surface area contributed by atoms with Crippen LogP contribution in [0.4, 0.5) is 0 Å². The Balaban J connectivity index is 1.47. The number of benzene rings is 1. The third-order valence-corrected chi connectivity index (χ3v) is 4.52. The molecule has 1 amide bonds. The van der Waals surface area contributed by atoms with Gasteiger partial charge in [0.15, 0.2) is 5.82 Å². The van der Waals surface area contributed by atoms with Crippen LogP contribution in [0.1, 0.15) is 18.4 Å². The quantitative estimate of drug-likeness (QED) is 0.793. The zero-order valence-electron chi connectivity index (χ0n) is 13.0. The predicted molar refractivity (Wildman–Crippen MR) is 89.3 cm³/mol. The number of nitrogens with one attached hydrogen (secondary N) is 2. The number of thioether (sulfide) groups is 1. The van der Waals surface area contributed by atoms with Crippen molar-refractivity contribution in [2.75, 3.05) is 18.9 Å². The van der Waals surface area contributed by atoms with E-state index in [4.69, 9.17) is 4.74 Å². The van der Waals surface area contributed by atoms with E-state index in [-0.39, 0.29) is 12.0 Å². The molecule has 1 aromatic carbocycles. The Kier molecular flexibility index (Phi) is 5.30. The number of hydrogen-bond donors (Lipinski definition) is 2. The smallest absolute Gasteiger partial charge is 0.230 e. The molecule has 0 bridgehead atoms. The molecular weight excluding hydrogens is 312 g/mol. The van der Waals surface area contributed by atoms with E-state index in [1.807, 2.05) is 31.2 Å². The van der Waals surface area contributed by atoms with Crippen molar-refractivity contribution in [2.45, 2.75) is 31.0 Å². The van der Waals surface area contributed by atoms with Crippen LogP contribution in [0.5, 0.6) is 0 Å². The number of aromatic amines is 1. The summed E-state index contributed by atoms with van der Waals surface area (Å²) < 4.78 is 5.48. The number of amides is 1. The SMILES string of the molecule is Cc1ccc(-c2nc(SCC(=O)NC[C@@H]3CCCO3)n[nH]2)cc1. The fourth-order valence-electron chi connectivity index (χ4n) is 2.37. The van der Waals surface area contributed by atoms with Gasteiger partial charge in [-0.2, -0.15) is 0 Å². The number of H-pyrrole nitrogens is 1. The number of carbonyl (C=O) groups is 1. The molecule has 1 saturated heterocycles. The fraction of sp³-hybridized carbons (Fsp3) is 0.438. The summed E-state index contributed by atoms with van der Waals surface area (Å²) in [5.74, 6) is 0.997. The van der Waals surface area contributed by atoms with Gasteiger partial charge in [0.25, 0.3) is 0 Å². The summed E-state index contributed by atoms with van der Waals surface area (Å²) >= 11 is 1.32. The lowest BCUT2D eigenvalue weighted by molar-refractivity contribution is -0.119. The minimum Gasteiger partial charge on any atom is -0.376 e. The molecule has 0 spiro atoms. The average Bonchev–Trinajstić information content (AvgIpc) is 3.23. The number of hydrogen-bond acceptors (Lipinski definition) is 5. The minimum absolute atomic E-state index is 0.0211. The number of rotatable bonds is 6. The topological polar surface area (TPSA) is 79.9 Å². The first-order valence-corrected chi connectivity index (χ1v) is 8.70. The van der Waals surface area contributed by atoms with Crippen molar-refractivity contribution in [3.63, 3.8) is 0 Å². The summed E-state index contributed by atoms with van der Waals surface area (Å²) in [5, 5.41) is 10.5. The fourth-order valence-corrected chi connectivity index (χ4v) is 2.99. The molecule has 122 valence electrons. The molecule has 2 heterocycles. The van der Waals surface area contributed by atoms with Gasteiger partial charge in [-0.1, -0.05) is 41.6 Å². The highest BCUT2D eigenvalue weighted by molar-refractivity contribution is 7.99. The van der Waals surface area contributed by atoms with Gasteiger partial charge in [-0.15, -0.1) is 5.10 Å². The van der Waals surface area contributed by atoms with Crippen LogP contribution in [0, 0.1) is 6.92 Å². The Morgan fingerprint density at radius 3 is 3.00 bits per heavy atom. The second-order valence-electron chi connectivity index (χ2n) is 5.56. The van der Waals surface area contributed by atoms with Crippen LogP contribution in [-0.4, -0.2) is 46.1 Å². The summed E-state index contributed by atoms with van der Waals surface area (Å²) in [6.07, 6.45) is 2.27. The number of nitrogens with zero attached hydrogens (tertiary/aromatic N) is 2. The second kappa shape index (κ2) is 7.61. The Bertz CT molecular complexity index is 650. The van der Waals surface area contributed by atoms with Crippen molar-refractivity contribution < 1.29 is 9.53 Å². The van der Waals surface area contributed by atoms with E-state index in [2.05, 4.69) is 20.5 Å². The van der Waals surface area contributed by atoms with Gasteiger partial charge in [-0.25, -0.2) is 4.98 Å². The molecule has 3 rings (SSSR count). The van der Waals surface area contributed by atoms with Gasteiger partial charge in [-0.3, -0.25) is 9.89 Å². The Hall–Kier alpha value is -1.86. The lowest BCUT2D eigenvalue weighted by Gasteiger charge is -2.09. The summed E-state index contributed by atoms with van der Waals surface area (Å²) in [6.45, 7) is 3.43. The predicted octanol–water partition coefficient (Wildman–Crippen LogP) is 2.17. The van der Waals surface area contributed by atoms with E-state index in [0.29, 0.717) is 23.3 Å². The van der Waals surface area contributed by atoms with Crippen LogP contribution >= 0.6 is 11.8 Å². The normalized spacial score (nSPS) is 17.3. The molecule has 1 aliphatic heterocycles. The standard InChI is InChI=1S/C16H20N4O2S/c1-11-4-6-12(7-5-11)15-18-16(20-19-15)23-10-14(21)17-9-13-3-2-8-22-13/h4-7,13H,2-3,8-10H2,1H3,(H,17,21)(H,18,19,20)/t13-/m0/s1. The maximum absolute atomic E-state index is 11.8. The van der Waals surface area contributed by atoms with Crippen molar-refractivity contribution in [1.82, 2.24) is 20.5 Å². The third kappa shape index (κ3) is 4.56. The third-order valence-electron chi connectivity index (χ3n) is 3.67. The molecule has 2 N–H and O–H groups in total. The van der Waals surface area contributed by atoms with Crippen molar-refractivity contribution in [1.29, 1.82) is 0 Å². The number of aryl methyl sites for hydroxylation is 1. The largest absolute Gasteiger partial charge is 0.376 e. The molecule has 23 heavy (non-hydrogen) atoms. The Morgan fingerprint density at radius 2 is 2.26 bits per heavy atom.